The van der Waals surface area contributed by atoms with E-state index in [9.17, 15) is 39.3 Å². The molecule has 3 aliphatic rings. The van der Waals surface area contributed by atoms with E-state index in [1.807, 2.05) is 0 Å². The summed E-state index contributed by atoms with van der Waals surface area (Å²) in [6.07, 6.45) is -13.2. The van der Waals surface area contributed by atoms with Gasteiger partial charge in [0.05, 0.1) is 123 Å². The van der Waals surface area contributed by atoms with Crippen molar-refractivity contribution in [1.82, 2.24) is 16.0 Å². The van der Waals surface area contributed by atoms with Gasteiger partial charge in [-0.1, -0.05) is 60.2 Å². The Bertz CT molecular complexity index is 1880. The standard InChI is InChI=1S/3C6H11N3O4.3C6H13NO3.2C3H5N3O/c3*1-3(8-9-7)5(12)6(13)4(11)2-10;3*1-3-5(9)6(10)4(2-8)7-3;2*1-3(2-7)5-6-4/h3*3,5-6,10,12-13H,2H2,1H3;3*3-10H,2H2,1H3;2*2-3H,1H3/t;;;2*3?,4-,5+,6?;3?,4-,5-,6?;;/m...110../s1. The Morgan fingerprint density at radius 1 is 0.410 bits per heavy atom. The third kappa shape index (κ3) is 35.1. The number of nitrogens with zero attached hydrogens (tertiary/aromatic N) is 15. The molecule has 41 nitrogen and oxygen atoms in total. The minimum atomic E-state index is -1.72. The summed E-state index contributed by atoms with van der Waals surface area (Å²) >= 11 is 0. The first-order chi connectivity index (χ1) is 38.7. The lowest BCUT2D eigenvalue weighted by atomic mass is 10.0. The summed E-state index contributed by atoms with van der Waals surface area (Å²) in [6, 6.07) is -5.32. The quantitative estimate of drug-likeness (QED) is 0.0207. The van der Waals surface area contributed by atoms with Crippen molar-refractivity contribution in [3.8, 4) is 0 Å². The third-order valence-electron chi connectivity index (χ3n) is 11.3. The second-order valence-electron chi connectivity index (χ2n) is 17.9. The lowest BCUT2D eigenvalue weighted by molar-refractivity contribution is -0.136. The van der Waals surface area contributed by atoms with Crippen LogP contribution in [0.25, 0.3) is 52.2 Å². The van der Waals surface area contributed by atoms with Gasteiger partial charge in [-0.15, -0.1) is 0 Å². The average molecular weight is 1210 g/mol. The van der Waals surface area contributed by atoms with Gasteiger partial charge in [0.1, 0.15) is 50.7 Å². The predicted molar refractivity (Wildman–Crippen MR) is 284 cm³/mol. The highest BCUT2D eigenvalue weighted by atomic mass is 16.4. The van der Waals surface area contributed by atoms with Crippen molar-refractivity contribution < 1.29 is 116 Å². The number of rotatable bonds is 22. The number of Topliss-reactive ketones (excluding diaryl/α,β-unsaturated/α-hetero) is 3. The number of ketones is 3. The van der Waals surface area contributed by atoms with E-state index in [2.05, 4.69) is 66.1 Å². The van der Waals surface area contributed by atoms with Crippen LogP contribution in [-0.2, 0) is 24.0 Å². The normalized spacial score (nSPS) is 27.3. The molecule has 0 saturated carbocycles. The molecule has 0 aromatic carbocycles. The summed E-state index contributed by atoms with van der Waals surface area (Å²) in [7, 11) is 0. The summed E-state index contributed by atoms with van der Waals surface area (Å²) in [6.45, 7) is 9.39. The van der Waals surface area contributed by atoms with Gasteiger partial charge in [-0.2, -0.15) is 0 Å². The van der Waals surface area contributed by atoms with E-state index < -0.39 is 141 Å². The zero-order valence-corrected chi connectivity index (χ0v) is 46.5. The fraction of sp³-hybridized carbons (Fsp3) is 0.881. The van der Waals surface area contributed by atoms with Gasteiger partial charge in [-0.3, -0.25) is 14.4 Å². The summed E-state index contributed by atoms with van der Waals surface area (Å²) in [5.74, 6) is -2.73. The first kappa shape index (κ1) is 85.9. The summed E-state index contributed by atoms with van der Waals surface area (Å²) in [4.78, 5) is 63.3. The van der Waals surface area contributed by atoms with Crippen LogP contribution < -0.4 is 16.0 Å². The smallest absolute Gasteiger partial charge is 0.189 e. The Morgan fingerprint density at radius 2 is 0.602 bits per heavy atom. The Kier molecular flexibility index (Phi) is 51.2. The van der Waals surface area contributed by atoms with Crippen molar-refractivity contribution in [3.05, 3.63) is 52.2 Å². The van der Waals surface area contributed by atoms with Gasteiger partial charge in [-0.25, -0.2) is 0 Å². The molecule has 41 heteroatoms. The molecule has 478 valence electrons. The van der Waals surface area contributed by atoms with Crippen LogP contribution in [-0.4, -0.2) is 301 Å². The molecular weight excluding hydrogens is 1120 g/mol. The van der Waals surface area contributed by atoms with Gasteiger partial charge in [0.25, 0.3) is 0 Å². The van der Waals surface area contributed by atoms with Crippen LogP contribution in [0.15, 0.2) is 25.6 Å². The molecular formula is C42H82N18O23. The fourth-order valence-corrected chi connectivity index (χ4v) is 6.00. The monoisotopic (exact) mass is 1210 g/mol. The number of nitrogens with one attached hydrogen (secondary N) is 3. The highest BCUT2D eigenvalue weighted by Gasteiger charge is 2.39. The van der Waals surface area contributed by atoms with Gasteiger partial charge in [0.15, 0.2) is 17.3 Å². The summed E-state index contributed by atoms with van der Waals surface area (Å²) in [5, 5.41) is 184. The average Bonchev–Trinajstić information content (AvgIpc) is 4.00. The highest BCUT2D eigenvalue weighted by molar-refractivity contribution is 5.85. The topological polar surface area (TPSA) is 729 Å². The van der Waals surface area contributed by atoms with Crippen LogP contribution in [0.4, 0.5) is 0 Å². The number of hydrogen-bond acceptors (Lipinski definition) is 31. The number of aliphatic hydroxyl groups is 18. The van der Waals surface area contributed by atoms with E-state index in [-0.39, 0.29) is 56.1 Å². The van der Waals surface area contributed by atoms with Crippen LogP contribution in [0, 0.1) is 0 Å². The van der Waals surface area contributed by atoms with Gasteiger partial charge in [0, 0.05) is 42.7 Å². The minimum absolute atomic E-state index is 0.132. The second-order valence-corrected chi connectivity index (χ2v) is 17.9. The first-order valence-electron chi connectivity index (χ1n) is 24.5. The SMILES string of the molecule is CC(C=O)N=[N+]=[N-].CC(C=O)N=[N+]=[N-].CC(N=[N+]=[N-])C(O)C(O)C(=O)CO.CC(N=[N+]=[N-])C(O)C(O)C(=O)CO.CC(N=[N+]=[N-])C(O)C(O)C(=O)CO.CC1N[C@@H](CO)C(O)[C@H]1O.CC1N[C@H](CO)C(O)[C@H]1O.CC1N[C@H](CO)C(O)[C@H]1O. The van der Waals surface area contributed by atoms with E-state index in [4.69, 9.17) is 104 Å². The number of hydrogen-bond donors (Lipinski definition) is 21. The third-order valence-corrected chi connectivity index (χ3v) is 11.3. The van der Waals surface area contributed by atoms with Crippen molar-refractivity contribution in [1.29, 1.82) is 0 Å². The summed E-state index contributed by atoms with van der Waals surface area (Å²) < 4.78 is 0. The maximum absolute atomic E-state index is 10.7. The lowest BCUT2D eigenvalue weighted by Gasteiger charge is -2.18. The van der Waals surface area contributed by atoms with Crippen LogP contribution in [0.1, 0.15) is 55.4 Å². The van der Waals surface area contributed by atoms with Crippen LogP contribution in [0.2, 0.25) is 0 Å². The Morgan fingerprint density at radius 3 is 0.699 bits per heavy atom. The molecule has 3 heterocycles. The molecule has 3 fully saturated rings. The van der Waals surface area contributed by atoms with Gasteiger partial charge in [0.2, 0.25) is 0 Å². The number of aldehydes is 2. The summed E-state index contributed by atoms with van der Waals surface area (Å²) in [5.41, 5.74) is 39.3. The zero-order valence-electron chi connectivity index (χ0n) is 46.5. The molecule has 0 aromatic rings. The molecule has 0 bridgehead atoms. The molecule has 0 radical (unpaired) electrons. The molecule has 0 spiro atoms. The van der Waals surface area contributed by atoms with Crippen molar-refractivity contribution in [2.75, 3.05) is 39.6 Å². The molecule has 3 rings (SSSR count). The van der Waals surface area contributed by atoms with E-state index in [0.717, 1.165) is 0 Å². The molecule has 83 heavy (non-hydrogen) atoms. The lowest BCUT2D eigenvalue weighted by Crippen LogP contribution is -2.41. The molecule has 17 unspecified atom stereocenters. The molecule has 23 atom stereocenters. The van der Waals surface area contributed by atoms with Crippen LogP contribution in [0.5, 0.6) is 0 Å². The zero-order chi connectivity index (χ0) is 65.9. The van der Waals surface area contributed by atoms with Gasteiger partial charge < -0.3 is 117 Å². The fourth-order valence-electron chi connectivity index (χ4n) is 6.00. The Balaban J connectivity index is -0.000000282. The highest BCUT2D eigenvalue weighted by Crippen LogP contribution is 2.15. The molecule has 0 amide bonds. The van der Waals surface area contributed by atoms with Gasteiger partial charge >= 0.3 is 0 Å². The van der Waals surface area contributed by atoms with Crippen LogP contribution in [0.3, 0.4) is 0 Å². The second kappa shape index (κ2) is 49.5. The Labute approximate surface area is 473 Å². The molecule has 0 aromatic heterocycles. The van der Waals surface area contributed by atoms with Crippen molar-refractivity contribution >= 4 is 29.9 Å². The van der Waals surface area contributed by atoms with Crippen molar-refractivity contribution in [2.24, 2.45) is 25.6 Å². The maximum Gasteiger partial charge on any atom is 0.189 e. The number of aliphatic hydroxyl groups excluding tert-OH is 18. The largest absolute Gasteiger partial charge is 0.395 e. The van der Waals surface area contributed by atoms with E-state index in [1.54, 1.807) is 20.8 Å². The maximum atomic E-state index is 10.7. The number of azide groups is 5. The van der Waals surface area contributed by atoms with E-state index in [1.165, 1.54) is 34.6 Å². The molecule has 3 saturated heterocycles. The number of carbonyl (C=O) groups excluding carboxylic acids is 5. The molecule has 3 aliphatic heterocycles. The van der Waals surface area contributed by atoms with E-state index in [0.29, 0.717) is 12.6 Å². The Hall–Kier alpha value is -5.94. The molecule has 21 N–H and O–H groups in total. The number of carbonyl (C=O) groups is 5. The first-order valence-corrected chi connectivity index (χ1v) is 24.5. The van der Waals surface area contributed by atoms with Crippen molar-refractivity contribution in [3.63, 3.8) is 0 Å². The predicted octanol–water partition coefficient (Wildman–Crippen LogP) is -7.14. The van der Waals surface area contributed by atoms with Crippen molar-refractivity contribution in [2.45, 2.75) is 195 Å². The van der Waals surface area contributed by atoms with Gasteiger partial charge in [-0.05, 0) is 48.4 Å². The van der Waals surface area contributed by atoms with E-state index >= 15 is 0 Å². The molecule has 0 aliphatic carbocycles. The minimum Gasteiger partial charge on any atom is -0.395 e. The van der Waals surface area contributed by atoms with Crippen LogP contribution >= 0.6 is 0 Å².